The van der Waals surface area contributed by atoms with Gasteiger partial charge in [0.05, 0.1) is 12.1 Å². The summed E-state index contributed by atoms with van der Waals surface area (Å²) in [6.07, 6.45) is 5.75. The fraction of sp³-hybridized carbons (Fsp3) is 0.917. The first-order chi connectivity index (χ1) is 7.77. The van der Waals surface area contributed by atoms with E-state index in [0.29, 0.717) is 0 Å². The van der Waals surface area contributed by atoms with Crippen molar-refractivity contribution in [3.8, 4) is 0 Å². The minimum absolute atomic E-state index is 0.0591. The molecule has 1 heterocycles. The number of methoxy groups -OCH3 is 1. The summed E-state index contributed by atoms with van der Waals surface area (Å²) >= 11 is 0. The second-order valence-electron chi connectivity index (χ2n) is 4.41. The number of ether oxygens (including phenoxy) is 1. The zero-order chi connectivity index (χ0) is 11.8. The molecule has 1 rings (SSSR count). The second kappa shape index (κ2) is 7.63. The smallest absolute Gasteiger partial charge is 0.237 e. The van der Waals surface area contributed by atoms with Crippen LogP contribution in [0.15, 0.2) is 0 Å². The maximum absolute atomic E-state index is 11.7. The fourth-order valence-corrected chi connectivity index (χ4v) is 1.97. The molecule has 4 nitrogen and oxygen atoms in total. The molecule has 2 atom stereocenters. The second-order valence-corrected chi connectivity index (χ2v) is 4.41. The van der Waals surface area contributed by atoms with Crippen LogP contribution in [0.5, 0.6) is 0 Å². The van der Waals surface area contributed by atoms with Gasteiger partial charge in [0.2, 0.25) is 5.91 Å². The fourth-order valence-electron chi connectivity index (χ4n) is 1.97. The SMILES string of the molecule is CCCCCCNC(=O)C1CC(OC)CN1. The molecule has 1 fully saturated rings. The largest absolute Gasteiger partial charge is 0.380 e. The van der Waals surface area contributed by atoms with E-state index >= 15 is 0 Å². The van der Waals surface area contributed by atoms with E-state index in [9.17, 15) is 4.79 Å². The predicted molar refractivity (Wildman–Crippen MR) is 64.4 cm³/mol. The molecular weight excluding hydrogens is 204 g/mol. The Labute approximate surface area is 98.1 Å². The number of hydrogen-bond acceptors (Lipinski definition) is 3. The molecule has 94 valence electrons. The van der Waals surface area contributed by atoms with Crippen LogP contribution < -0.4 is 10.6 Å². The lowest BCUT2D eigenvalue weighted by Gasteiger charge is -2.11. The highest BCUT2D eigenvalue weighted by atomic mass is 16.5. The Balaban J connectivity index is 2.06. The first kappa shape index (κ1) is 13.5. The summed E-state index contributed by atoms with van der Waals surface area (Å²) in [6, 6.07) is -0.0591. The highest BCUT2D eigenvalue weighted by Gasteiger charge is 2.28. The Hall–Kier alpha value is -0.610. The van der Waals surface area contributed by atoms with Gasteiger partial charge in [-0.1, -0.05) is 26.2 Å². The van der Waals surface area contributed by atoms with E-state index in [2.05, 4.69) is 17.6 Å². The standard InChI is InChI=1S/C12H24N2O2/c1-3-4-5-6-7-13-12(15)11-8-10(16-2)9-14-11/h10-11,14H,3-9H2,1-2H3,(H,13,15). The zero-order valence-electron chi connectivity index (χ0n) is 10.4. The average Bonchev–Trinajstić information content (AvgIpc) is 2.77. The Kier molecular flexibility index (Phi) is 6.42. The van der Waals surface area contributed by atoms with Gasteiger partial charge >= 0.3 is 0 Å². The number of carbonyl (C=O) groups is 1. The molecule has 0 bridgehead atoms. The summed E-state index contributed by atoms with van der Waals surface area (Å²) in [6.45, 7) is 3.77. The summed E-state index contributed by atoms with van der Waals surface area (Å²) in [5.41, 5.74) is 0. The van der Waals surface area contributed by atoms with Gasteiger partial charge in [-0.2, -0.15) is 0 Å². The van der Waals surface area contributed by atoms with Gasteiger partial charge in [-0.15, -0.1) is 0 Å². The highest BCUT2D eigenvalue weighted by molar-refractivity contribution is 5.82. The van der Waals surface area contributed by atoms with Crippen LogP contribution in [0.3, 0.4) is 0 Å². The first-order valence-electron chi connectivity index (χ1n) is 6.31. The molecule has 0 aromatic heterocycles. The Bertz CT molecular complexity index is 209. The number of hydrogen-bond donors (Lipinski definition) is 2. The molecule has 0 aliphatic carbocycles. The van der Waals surface area contributed by atoms with Gasteiger partial charge in [-0.05, 0) is 12.8 Å². The third kappa shape index (κ3) is 4.49. The predicted octanol–water partition coefficient (Wildman–Crippen LogP) is 1.06. The van der Waals surface area contributed by atoms with Crippen LogP contribution in [0.1, 0.15) is 39.0 Å². The summed E-state index contributed by atoms with van der Waals surface area (Å²) in [7, 11) is 1.69. The molecule has 0 aromatic rings. The lowest BCUT2D eigenvalue weighted by molar-refractivity contribution is -0.122. The lowest BCUT2D eigenvalue weighted by atomic mass is 10.2. The molecule has 0 spiro atoms. The summed E-state index contributed by atoms with van der Waals surface area (Å²) in [5, 5.41) is 6.14. The lowest BCUT2D eigenvalue weighted by Crippen LogP contribution is -2.40. The summed E-state index contributed by atoms with van der Waals surface area (Å²) in [4.78, 5) is 11.7. The molecule has 0 saturated carbocycles. The van der Waals surface area contributed by atoms with Crippen molar-refractivity contribution in [2.45, 2.75) is 51.2 Å². The quantitative estimate of drug-likeness (QED) is 0.641. The number of carbonyl (C=O) groups excluding carboxylic acids is 1. The van der Waals surface area contributed by atoms with E-state index in [-0.39, 0.29) is 18.1 Å². The molecule has 2 unspecified atom stereocenters. The number of unbranched alkanes of at least 4 members (excludes halogenated alkanes) is 3. The molecule has 0 radical (unpaired) electrons. The van der Waals surface area contributed by atoms with Crippen molar-refractivity contribution >= 4 is 5.91 Å². The van der Waals surface area contributed by atoms with Crippen molar-refractivity contribution in [1.29, 1.82) is 0 Å². The van der Waals surface area contributed by atoms with Crippen molar-refractivity contribution in [3.05, 3.63) is 0 Å². The van der Waals surface area contributed by atoms with Gasteiger partial charge in [-0.3, -0.25) is 4.79 Å². The van der Waals surface area contributed by atoms with E-state index in [0.717, 1.165) is 25.9 Å². The first-order valence-corrected chi connectivity index (χ1v) is 6.31. The minimum Gasteiger partial charge on any atom is -0.380 e. The van der Waals surface area contributed by atoms with Gasteiger partial charge in [0.25, 0.3) is 0 Å². The zero-order valence-corrected chi connectivity index (χ0v) is 10.4. The molecule has 1 aliphatic rings. The average molecular weight is 228 g/mol. The van der Waals surface area contributed by atoms with Crippen LogP contribution in [-0.2, 0) is 9.53 Å². The molecule has 1 amide bonds. The van der Waals surface area contributed by atoms with E-state index in [1.165, 1.54) is 19.3 Å². The van der Waals surface area contributed by atoms with Gasteiger partial charge < -0.3 is 15.4 Å². The van der Waals surface area contributed by atoms with Crippen LogP contribution in [0, 0.1) is 0 Å². The van der Waals surface area contributed by atoms with E-state index in [1.807, 2.05) is 0 Å². The van der Waals surface area contributed by atoms with Crippen molar-refractivity contribution in [1.82, 2.24) is 10.6 Å². The third-order valence-electron chi connectivity index (χ3n) is 3.07. The number of amides is 1. The molecule has 1 aliphatic heterocycles. The molecular formula is C12H24N2O2. The van der Waals surface area contributed by atoms with Crippen LogP contribution in [0.25, 0.3) is 0 Å². The Morgan fingerprint density at radius 2 is 2.25 bits per heavy atom. The molecule has 16 heavy (non-hydrogen) atoms. The Morgan fingerprint density at radius 3 is 2.88 bits per heavy atom. The van der Waals surface area contributed by atoms with Crippen molar-refractivity contribution < 1.29 is 9.53 Å². The summed E-state index contributed by atoms with van der Waals surface area (Å²) < 4.78 is 5.21. The van der Waals surface area contributed by atoms with Crippen LogP contribution in [-0.4, -0.2) is 38.3 Å². The minimum atomic E-state index is -0.0591. The van der Waals surface area contributed by atoms with Crippen LogP contribution in [0.2, 0.25) is 0 Å². The van der Waals surface area contributed by atoms with Gasteiger partial charge in [0.1, 0.15) is 0 Å². The van der Waals surface area contributed by atoms with Crippen LogP contribution >= 0.6 is 0 Å². The highest BCUT2D eigenvalue weighted by Crippen LogP contribution is 2.09. The summed E-state index contributed by atoms with van der Waals surface area (Å²) in [5.74, 6) is 0.121. The maximum Gasteiger partial charge on any atom is 0.237 e. The van der Waals surface area contributed by atoms with Crippen molar-refractivity contribution in [2.75, 3.05) is 20.2 Å². The molecule has 2 N–H and O–H groups in total. The Morgan fingerprint density at radius 1 is 1.44 bits per heavy atom. The van der Waals surface area contributed by atoms with Gasteiger partial charge in [0.15, 0.2) is 0 Å². The topological polar surface area (TPSA) is 50.4 Å². The van der Waals surface area contributed by atoms with Crippen molar-refractivity contribution in [3.63, 3.8) is 0 Å². The van der Waals surface area contributed by atoms with Gasteiger partial charge in [0, 0.05) is 20.2 Å². The normalized spacial score (nSPS) is 24.6. The maximum atomic E-state index is 11.7. The molecule has 0 aromatic carbocycles. The van der Waals surface area contributed by atoms with Crippen molar-refractivity contribution in [2.24, 2.45) is 0 Å². The monoisotopic (exact) mass is 228 g/mol. The number of rotatable bonds is 7. The molecule has 1 saturated heterocycles. The van der Waals surface area contributed by atoms with E-state index in [1.54, 1.807) is 7.11 Å². The van der Waals surface area contributed by atoms with E-state index in [4.69, 9.17) is 4.74 Å². The third-order valence-corrected chi connectivity index (χ3v) is 3.07. The number of nitrogens with one attached hydrogen (secondary N) is 2. The van der Waals surface area contributed by atoms with E-state index < -0.39 is 0 Å². The van der Waals surface area contributed by atoms with Gasteiger partial charge in [-0.25, -0.2) is 0 Å². The molecule has 4 heteroatoms. The van der Waals surface area contributed by atoms with Crippen LogP contribution in [0.4, 0.5) is 0 Å².